The van der Waals surface area contributed by atoms with Crippen molar-refractivity contribution in [3.63, 3.8) is 0 Å². The molecule has 0 aliphatic heterocycles. The summed E-state index contributed by atoms with van der Waals surface area (Å²) < 4.78 is 16.2. The minimum Gasteiger partial charge on any atom is -0.424 e. The van der Waals surface area contributed by atoms with Crippen molar-refractivity contribution in [1.29, 1.82) is 0 Å². The van der Waals surface area contributed by atoms with Gasteiger partial charge in [0.1, 0.15) is 11.4 Å². The average molecular weight is 275 g/mol. The highest BCUT2D eigenvalue weighted by Gasteiger charge is 2.20. The molecule has 94 valence electrons. The fourth-order valence-electron chi connectivity index (χ4n) is 1.10. The molecular formula is C10H14NO4PS. The molecule has 1 rings (SSSR count). The first kappa shape index (κ1) is 14.3. The van der Waals surface area contributed by atoms with Crippen LogP contribution in [-0.4, -0.2) is 13.2 Å². The molecule has 0 aliphatic carbocycles. The minimum atomic E-state index is -2.74. The standard InChI is InChI=1S/C10H14NO4PS/c1-3-13-16(17,14-4-2)15-10-7-5-9(11-12)6-8-10/h5-8H,3-4H2,1-2H3. The second-order valence-electron chi connectivity index (χ2n) is 2.96. The Labute approximate surface area is 105 Å². The summed E-state index contributed by atoms with van der Waals surface area (Å²) in [4.78, 5) is 10.3. The average Bonchev–Trinajstić information content (AvgIpc) is 2.30. The van der Waals surface area contributed by atoms with Crippen LogP contribution in [0.1, 0.15) is 13.8 Å². The Morgan fingerprint density at radius 2 is 1.71 bits per heavy atom. The molecule has 7 heteroatoms. The van der Waals surface area contributed by atoms with E-state index in [1.54, 1.807) is 24.3 Å². The molecule has 17 heavy (non-hydrogen) atoms. The molecule has 0 radical (unpaired) electrons. The lowest BCUT2D eigenvalue weighted by Crippen LogP contribution is -2.01. The largest absolute Gasteiger partial charge is 0.424 e. The Morgan fingerprint density at radius 3 is 2.12 bits per heavy atom. The summed E-state index contributed by atoms with van der Waals surface area (Å²) in [6, 6.07) is 6.30. The first-order valence-corrected chi connectivity index (χ1v) is 7.71. The van der Waals surface area contributed by atoms with Crippen LogP contribution in [0.3, 0.4) is 0 Å². The van der Waals surface area contributed by atoms with Crippen molar-refractivity contribution in [2.45, 2.75) is 13.8 Å². The van der Waals surface area contributed by atoms with Crippen molar-refractivity contribution in [1.82, 2.24) is 0 Å². The van der Waals surface area contributed by atoms with E-state index in [2.05, 4.69) is 5.18 Å². The summed E-state index contributed by atoms with van der Waals surface area (Å²) in [5, 5.41) is 2.80. The van der Waals surface area contributed by atoms with Gasteiger partial charge in [0.05, 0.1) is 13.2 Å². The summed E-state index contributed by atoms with van der Waals surface area (Å²) >= 11 is 5.20. The van der Waals surface area contributed by atoms with Crippen LogP contribution in [0.4, 0.5) is 5.69 Å². The lowest BCUT2D eigenvalue weighted by Gasteiger charge is -2.20. The number of nitroso groups, excluding NO2 is 1. The second kappa shape index (κ2) is 6.81. The van der Waals surface area contributed by atoms with Crippen LogP contribution in [0.15, 0.2) is 29.4 Å². The topological polar surface area (TPSA) is 57.1 Å². The maximum Gasteiger partial charge on any atom is 0.380 e. The fraction of sp³-hybridized carbons (Fsp3) is 0.400. The van der Waals surface area contributed by atoms with Crippen LogP contribution in [0, 0.1) is 4.91 Å². The third-order valence-electron chi connectivity index (χ3n) is 1.73. The number of hydrogen-bond donors (Lipinski definition) is 0. The van der Waals surface area contributed by atoms with Crippen LogP contribution in [-0.2, 0) is 20.9 Å². The summed E-state index contributed by atoms with van der Waals surface area (Å²) in [5.41, 5.74) is 0.332. The van der Waals surface area contributed by atoms with Gasteiger partial charge in [0, 0.05) is 11.8 Å². The first-order valence-electron chi connectivity index (χ1n) is 5.15. The van der Waals surface area contributed by atoms with Gasteiger partial charge in [-0.1, -0.05) is 0 Å². The highest BCUT2D eigenvalue weighted by molar-refractivity contribution is 8.07. The fourth-order valence-corrected chi connectivity index (χ4v) is 3.19. The van der Waals surface area contributed by atoms with E-state index in [-0.39, 0.29) is 0 Å². The molecule has 0 N–H and O–H groups in total. The van der Waals surface area contributed by atoms with Crippen LogP contribution >= 0.6 is 6.72 Å². The first-order chi connectivity index (χ1) is 8.13. The molecule has 0 fully saturated rings. The molecule has 1 aromatic rings. The minimum absolute atomic E-state index is 0.332. The maximum atomic E-state index is 10.3. The van der Waals surface area contributed by atoms with Crippen molar-refractivity contribution in [3.05, 3.63) is 29.2 Å². The molecule has 0 spiro atoms. The maximum absolute atomic E-state index is 10.3. The van der Waals surface area contributed by atoms with E-state index >= 15 is 0 Å². The van der Waals surface area contributed by atoms with E-state index in [0.717, 1.165) is 0 Å². The molecule has 0 atom stereocenters. The van der Waals surface area contributed by atoms with Crippen LogP contribution in [0.5, 0.6) is 5.75 Å². The van der Waals surface area contributed by atoms with Gasteiger partial charge in [0.15, 0.2) is 0 Å². The van der Waals surface area contributed by atoms with Gasteiger partial charge in [0.25, 0.3) is 0 Å². The molecule has 0 aromatic heterocycles. The van der Waals surface area contributed by atoms with E-state index in [9.17, 15) is 4.91 Å². The molecular weight excluding hydrogens is 261 g/mol. The van der Waals surface area contributed by atoms with Gasteiger partial charge >= 0.3 is 6.72 Å². The molecule has 0 aliphatic rings. The van der Waals surface area contributed by atoms with Gasteiger partial charge < -0.3 is 4.52 Å². The number of nitrogens with zero attached hydrogens (tertiary/aromatic N) is 1. The van der Waals surface area contributed by atoms with Gasteiger partial charge in [-0.05, 0) is 43.3 Å². The molecule has 1 aromatic carbocycles. The van der Waals surface area contributed by atoms with Crippen molar-refractivity contribution < 1.29 is 13.6 Å². The van der Waals surface area contributed by atoms with Crippen LogP contribution in [0.25, 0.3) is 0 Å². The summed E-state index contributed by atoms with van der Waals surface area (Å²) in [7, 11) is 0. The molecule has 5 nitrogen and oxygen atoms in total. The normalized spacial score (nSPS) is 11.2. The third-order valence-corrected chi connectivity index (χ3v) is 4.17. The zero-order valence-electron chi connectivity index (χ0n) is 9.66. The van der Waals surface area contributed by atoms with Crippen LogP contribution in [0.2, 0.25) is 0 Å². The van der Waals surface area contributed by atoms with E-state index in [0.29, 0.717) is 24.7 Å². The summed E-state index contributed by atoms with van der Waals surface area (Å²) in [6.45, 7) is 1.75. The molecule has 0 amide bonds. The summed E-state index contributed by atoms with van der Waals surface area (Å²) in [6.07, 6.45) is 0. The SMILES string of the molecule is CCOP(=S)(OCC)Oc1ccc(N=O)cc1. The van der Waals surface area contributed by atoms with Crippen molar-refractivity contribution >= 4 is 24.2 Å². The quantitative estimate of drug-likeness (QED) is 0.560. The lowest BCUT2D eigenvalue weighted by atomic mass is 10.3. The molecule has 0 bridgehead atoms. The van der Waals surface area contributed by atoms with Crippen molar-refractivity contribution in [2.24, 2.45) is 5.18 Å². The van der Waals surface area contributed by atoms with E-state index in [1.165, 1.54) is 0 Å². The third kappa shape index (κ3) is 4.52. The van der Waals surface area contributed by atoms with Gasteiger partial charge in [-0.25, -0.2) is 0 Å². The zero-order valence-corrected chi connectivity index (χ0v) is 11.4. The zero-order chi connectivity index (χ0) is 12.7. The van der Waals surface area contributed by atoms with E-state index in [1.807, 2.05) is 13.8 Å². The smallest absolute Gasteiger partial charge is 0.380 e. The number of benzene rings is 1. The molecule has 0 saturated carbocycles. The Bertz CT molecular complexity index is 399. The molecule has 0 unspecified atom stereocenters. The predicted octanol–water partition coefficient (Wildman–Crippen LogP) is 3.76. The lowest BCUT2D eigenvalue weighted by molar-refractivity contribution is 0.218. The van der Waals surface area contributed by atoms with Crippen molar-refractivity contribution in [2.75, 3.05) is 13.2 Å². The molecule has 0 saturated heterocycles. The van der Waals surface area contributed by atoms with Gasteiger partial charge in [0.2, 0.25) is 0 Å². The summed E-state index contributed by atoms with van der Waals surface area (Å²) in [5.74, 6) is 0.502. The molecule has 0 heterocycles. The van der Waals surface area contributed by atoms with Crippen molar-refractivity contribution in [3.8, 4) is 5.75 Å². The van der Waals surface area contributed by atoms with E-state index in [4.69, 9.17) is 25.4 Å². The van der Waals surface area contributed by atoms with Gasteiger partial charge in [-0.2, -0.15) is 0 Å². The number of rotatable bonds is 7. The Balaban J connectivity index is 2.78. The Kier molecular flexibility index (Phi) is 5.71. The monoisotopic (exact) mass is 275 g/mol. The van der Waals surface area contributed by atoms with E-state index < -0.39 is 6.72 Å². The Morgan fingerprint density at radius 1 is 1.18 bits per heavy atom. The van der Waals surface area contributed by atoms with Gasteiger partial charge in [-0.15, -0.1) is 4.91 Å². The van der Waals surface area contributed by atoms with Crippen LogP contribution < -0.4 is 4.52 Å². The second-order valence-corrected chi connectivity index (χ2v) is 5.89. The van der Waals surface area contributed by atoms with Gasteiger partial charge in [-0.3, -0.25) is 9.05 Å². The predicted molar refractivity (Wildman–Crippen MR) is 70.1 cm³/mol. The highest BCUT2D eigenvalue weighted by Crippen LogP contribution is 2.49. The highest BCUT2D eigenvalue weighted by atomic mass is 32.5. The number of hydrogen-bond acceptors (Lipinski definition) is 6. The Hall–Kier alpha value is -0.810.